The van der Waals surface area contributed by atoms with Crippen LogP contribution < -0.4 is 15.8 Å². The first-order valence-electron chi connectivity index (χ1n) is 6.04. The molecule has 0 saturated heterocycles. The van der Waals surface area contributed by atoms with Gasteiger partial charge in [0.25, 0.3) is 0 Å². The van der Waals surface area contributed by atoms with E-state index in [-0.39, 0.29) is 24.8 Å². The van der Waals surface area contributed by atoms with Crippen LogP contribution in [0, 0.1) is 11.3 Å². The van der Waals surface area contributed by atoms with Crippen LogP contribution >= 0.6 is 11.3 Å². The van der Waals surface area contributed by atoms with Gasteiger partial charge in [0.2, 0.25) is 0 Å². The maximum atomic E-state index is 12.0. The average Bonchev–Trinajstić information content (AvgIpc) is 2.61. The summed E-state index contributed by atoms with van der Waals surface area (Å²) in [4.78, 5) is 0.291. The molecule has 4 nitrogen and oxygen atoms in total. The Morgan fingerprint density at radius 2 is 2.10 bits per heavy atom. The van der Waals surface area contributed by atoms with Gasteiger partial charge in [-0.25, -0.2) is 0 Å². The second-order valence-corrected chi connectivity index (χ2v) is 5.45. The number of hydrogen-bond acceptors (Lipinski definition) is 5. The normalized spacial score (nSPS) is 11.4. The Balaban J connectivity index is 2.71. The van der Waals surface area contributed by atoms with Gasteiger partial charge in [0.05, 0.1) is 6.10 Å². The SMILES string of the molecule is CC(C)Oc1c(NCCCC(F)(F)F)sc(C#N)c1N. The van der Waals surface area contributed by atoms with Crippen LogP contribution in [-0.4, -0.2) is 18.8 Å². The Bertz CT molecular complexity index is 491. The zero-order valence-corrected chi connectivity index (χ0v) is 12.0. The Labute approximate surface area is 119 Å². The van der Waals surface area contributed by atoms with E-state index in [0.717, 1.165) is 11.3 Å². The van der Waals surface area contributed by atoms with Crippen LogP contribution in [-0.2, 0) is 0 Å². The van der Waals surface area contributed by atoms with Gasteiger partial charge in [-0.1, -0.05) is 0 Å². The van der Waals surface area contributed by atoms with E-state index in [1.165, 1.54) is 0 Å². The van der Waals surface area contributed by atoms with Crippen LogP contribution in [0.5, 0.6) is 5.75 Å². The Morgan fingerprint density at radius 3 is 2.60 bits per heavy atom. The minimum Gasteiger partial charge on any atom is -0.486 e. The molecule has 0 aliphatic rings. The van der Waals surface area contributed by atoms with Gasteiger partial charge in [0.1, 0.15) is 21.6 Å². The second-order valence-electron chi connectivity index (χ2n) is 4.43. The van der Waals surface area contributed by atoms with E-state index in [1.54, 1.807) is 13.8 Å². The van der Waals surface area contributed by atoms with Gasteiger partial charge in [-0.05, 0) is 20.3 Å². The summed E-state index contributed by atoms with van der Waals surface area (Å²) in [6.07, 6.45) is -5.21. The summed E-state index contributed by atoms with van der Waals surface area (Å²) in [5, 5.41) is 12.3. The highest BCUT2D eigenvalue weighted by Gasteiger charge is 2.26. The maximum absolute atomic E-state index is 12.0. The molecule has 0 aliphatic heterocycles. The molecule has 0 saturated carbocycles. The smallest absolute Gasteiger partial charge is 0.389 e. The Morgan fingerprint density at radius 1 is 1.45 bits per heavy atom. The highest BCUT2D eigenvalue weighted by atomic mass is 32.1. The molecule has 1 rings (SSSR count). The quantitative estimate of drug-likeness (QED) is 0.785. The third-order valence-corrected chi connectivity index (χ3v) is 3.33. The molecule has 3 N–H and O–H groups in total. The van der Waals surface area contributed by atoms with Gasteiger partial charge in [-0.15, -0.1) is 11.3 Å². The van der Waals surface area contributed by atoms with Crippen molar-refractivity contribution in [1.29, 1.82) is 5.26 Å². The van der Waals surface area contributed by atoms with Crippen LogP contribution in [0.2, 0.25) is 0 Å². The number of hydrogen-bond donors (Lipinski definition) is 2. The van der Waals surface area contributed by atoms with E-state index >= 15 is 0 Å². The predicted molar refractivity (Wildman–Crippen MR) is 73.0 cm³/mol. The third kappa shape index (κ3) is 4.81. The Hall–Kier alpha value is -1.62. The molecule has 8 heteroatoms. The lowest BCUT2D eigenvalue weighted by Gasteiger charge is -2.13. The number of nitrogens with zero attached hydrogens (tertiary/aromatic N) is 1. The summed E-state index contributed by atoms with van der Waals surface area (Å²) in [6, 6.07) is 1.94. The van der Waals surface area contributed by atoms with Crippen molar-refractivity contribution < 1.29 is 17.9 Å². The highest BCUT2D eigenvalue weighted by molar-refractivity contribution is 7.17. The largest absolute Gasteiger partial charge is 0.486 e. The lowest BCUT2D eigenvalue weighted by Crippen LogP contribution is -2.12. The number of rotatable bonds is 6. The summed E-state index contributed by atoms with van der Waals surface area (Å²) in [5.74, 6) is 0.341. The lowest BCUT2D eigenvalue weighted by atomic mass is 10.3. The first-order valence-corrected chi connectivity index (χ1v) is 6.86. The van der Waals surface area contributed by atoms with Gasteiger partial charge in [0.15, 0.2) is 5.75 Å². The summed E-state index contributed by atoms with van der Waals surface area (Å²) in [7, 11) is 0. The van der Waals surface area contributed by atoms with Gasteiger partial charge in [0, 0.05) is 13.0 Å². The first-order chi connectivity index (χ1) is 9.24. The number of halogens is 3. The second kappa shape index (κ2) is 6.70. The van der Waals surface area contributed by atoms with Gasteiger partial charge < -0.3 is 15.8 Å². The van der Waals surface area contributed by atoms with Gasteiger partial charge in [-0.3, -0.25) is 0 Å². The molecular weight excluding hydrogens is 291 g/mol. The summed E-state index contributed by atoms with van der Waals surface area (Å²) < 4.78 is 41.6. The molecule has 1 heterocycles. The van der Waals surface area contributed by atoms with Crippen LogP contribution in [0.1, 0.15) is 31.6 Å². The molecule has 0 aromatic carbocycles. The van der Waals surface area contributed by atoms with Crippen molar-refractivity contribution in [1.82, 2.24) is 0 Å². The van der Waals surface area contributed by atoms with Gasteiger partial charge >= 0.3 is 6.18 Å². The molecule has 0 bridgehead atoms. The number of nitrogens with one attached hydrogen (secondary N) is 1. The Kier molecular flexibility index (Phi) is 5.51. The molecule has 0 aliphatic carbocycles. The molecule has 0 spiro atoms. The molecule has 20 heavy (non-hydrogen) atoms. The summed E-state index contributed by atoms with van der Waals surface area (Å²) in [5.41, 5.74) is 6.01. The molecule has 0 unspecified atom stereocenters. The molecule has 0 atom stereocenters. The van der Waals surface area contributed by atoms with Crippen molar-refractivity contribution in [2.45, 2.75) is 39.0 Å². The van der Waals surface area contributed by atoms with Crippen molar-refractivity contribution in [2.75, 3.05) is 17.6 Å². The van der Waals surface area contributed by atoms with E-state index in [2.05, 4.69) is 5.32 Å². The third-order valence-electron chi connectivity index (χ3n) is 2.28. The fourth-order valence-corrected chi connectivity index (χ4v) is 2.35. The van der Waals surface area contributed by atoms with Crippen molar-refractivity contribution >= 4 is 22.0 Å². The molecule has 1 aromatic heterocycles. The standard InChI is InChI=1S/C12H16F3N3OS/c1-7(2)19-10-9(17)8(6-16)20-11(10)18-5-3-4-12(13,14)15/h7,18H,3-5,17H2,1-2H3. The van der Waals surface area contributed by atoms with Crippen molar-refractivity contribution in [3.8, 4) is 11.8 Å². The van der Waals surface area contributed by atoms with Crippen LogP contribution in [0.3, 0.4) is 0 Å². The van der Waals surface area contributed by atoms with Crippen LogP contribution in [0.25, 0.3) is 0 Å². The first kappa shape index (κ1) is 16.4. The zero-order chi connectivity index (χ0) is 15.3. The lowest BCUT2D eigenvalue weighted by molar-refractivity contribution is -0.134. The predicted octanol–water partition coefficient (Wildman–Crippen LogP) is 3.74. The number of nitriles is 1. The topological polar surface area (TPSA) is 71.1 Å². The zero-order valence-electron chi connectivity index (χ0n) is 11.2. The minimum atomic E-state index is -4.16. The van der Waals surface area contributed by atoms with E-state index in [1.807, 2.05) is 6.07 Å². The summed E-state index contributed by atoms with van der Waals surface area (Å²) >= 11 is 1.08. The number of ether oxygens (including phenoxy) is 1. The van der Waals surface area contributed by atoms with Crippen LogP contribution in [0.15, 0.2) is 0 Å². The van der Waals surface area contributed by atoms with Crippen molar-refractivity contribution in [3.63, 3.8) is 0 Å². The molecule has 1 aromatic rings. The van der Waals surface area contributed by atoms with E-state index in [9.17, 15) is 13.2 Å². The van der Waals surface area contributed by atoms with Gasteiger partial charge in [-0.2, -0.15) is 18.4 Å². The van der Waals surface area contributed by atoms with E-state index < -0.39 is 12.6 Å². The molecule has 0 radical (unpaired) electrons. The fourth-order valence-electron chi connectivity index (χ4n) is 1.47. The summed E-state index contributed by atoms with van der Waals surface area (Å²) in [6.45, 7) is 3.74. The van der Waals surface area contributed by atoms with Crippen molar-refractivity contribution in [3.05, 3.63) is 4.88 Å². The number of anilines is 2. The monoisotopic (exact) mass is 307 g/mol. The number of thiophene rings is 1. The molecule has 0 amide bonds. The average molecular weight is 307 g/mol. The minimum absolute atomic E-state index is 0.0513. The number of nitrogen functional groups attached to an aromatic ring is 1. The number of alkyl halides is 3. The van der Waals surface area contributed by atoms with E-state index in [0.29, 0.717) is 15.6 Å². The maximum Gasteiger partial charge on any atom is 0.389 e. The van der Waals surface area contributed by atoms with Crippen molar-refractivity contribution in [2.24, 2.45) is 0 Å². The molecule has 112 valence electrons. The fraction of sp³-hybridized carbons (Fsp3) is 0.583. The van der Waals surface area contributed by atoms with Crippen LogP contribution in [0.4, 0.5) is 23.9 Å². The number of nitrogens with two attached hydrogens (primary N) is 1. The molecule has 0 fully saturated rings. The van der Waals surface area contributed by atoms with E-state index in [4.69, 9.17) is 15.7 Å². The highest BCUT2D eigenvalue weighted by Crippen LogP contribution is 2.42. The molecular formula is C12H16F3N3OS.